The van der Waals surface area contributed by atoms with E-state index in [0.717, 1.165) is 42.5 Å². The van der Waals surface area contributed by atoms with Gasteiger partial charge in [0, 0.05) is 41.9 Å². The van der Waals surface area contributed by atoms with Crippen LogP contribution < -0.4 is 14.8 Å². The third-order valence-corrected chi connectivity index (χ3v) is 8.88. The van der Waals surface area contributed by atoms with Crippen molar-refractivity contribution in [2.24, 2.45) is 16.9 Å². The molecule has 3 amide bonds. The van der Waals surface area contributed by atoms with Gasteiger partial charge >= 0.3 is 6.09 Å². The van der Waals surface area contributed by atoms with Gasteiger partial charge in [-0.3, -0.25) is 9.59 Å². The van der Waals surface area contributed by atoms with Gasteiger partial charge in [0.2, 0.25) is 11.8 Å². The predicted octanol–water partition coefficient (Wildman–Crippen LogP) is 4.58. The lowest BCUT2D eigenvalue weighted by Gasteiger charge is -2.43. The molecule has 10 nitrogen and oxygen atoms in total. The second kappa shape index (κ2) is 13.0. The average molecular weight is 597 g/mol. The van der Waals surface area contributed by atoms with Gasteiger partial charge in [-0.05, 0) is 61.6 Å². The maximum absolute atomic E-state index is 13.7. The van der Waals surface area contributed by atoms with Gasteiger partial charge in [-0.2, -0.15) is 5.10 Å². The number of hydrogen-bond acceptors (Lipinski definition) is 6. The Kier molecular flexibility index (Phi) is 9.21. The molecule has 3 aliphatic rings. The number of carbonyl (C=O) groups is 3. The Morgan fingerprint density at radius 1 is 1.00 bits per heavy atom. The summed E-state index contributed by atoms with van der Waals surface area (Å²) in [4.78, 5) is 40.4. The summed E-state index contributed by atoms with van der Waals surface area (Å²) < 4.78 is 11.0. The van der Waals surface area contributed by atoms with Gasteiger partial charge in [0.05, 0.1) is 26.0 Å². The minimum Gasteiger partial charge on any atom is -0.493 e. The molecule has 2 fully saturated rings. The third-order valence-electron chi connectivity index (χ3n) is 8.63. The molecule has 3 atom stereocenters. The van der Waals surface area contributed by atoms with Gasteiger partial charge in [0.15, 0.2) is 11.5 Å². The SMILES string of the molecule is COc1ccc(C2=NN(C3CCN(C(=O)[C@@H](Cc4ccc(Cl)cc4)NC(=O)O)CC3)C(=O)[C@@H]3CCCC[C@H]23)cc1OC. The number of likely N-dealkylation sites (tertiary alicyclic amines) is 1. The van der Waals surface area contributed by atoms with Crippen LogP contribution in [0.3, 0.4) is 0 Å². The molecule has 0 unspecified atom stereocenters. The lowest BCUT2D eigenvalue weighted by atomic mass is 9.73. The summed E-state index contributed by atoms with van der Waals surface area (Å²) in [6, 6.07) is 11.7. The fourth-order valence-corrected chi connectivity index (χ4v) is 6.57. The fourth-order valence-electron chi connectivity index (χ4n) is 6.45. The summed E-state index contributed by atoms with van der Waals surface area (Å²) in [6.45, 7) is 0.808. The van der Waals surface area contributed by atoms with Crippen LogP contribution in [0.15, 0.2) is 47.6 Å². The molecular weight excluding hydrogens is 560 g/mol. The number of hydrazone groups is 1. The van der Waals surface area contributed by atoms with E-state index in [0.29, 0.717) is 42.5 Å². The molecule has 2 aromatic carbocycles. The molecule has 0 aromatic heterocycles. The number of benzene rings is 2. The molecule has 0 spiro atoms. The van der Waals surface area contributed by atoms with Crippen molar-refractivity contribution in [3.8, 4) is 11.5 Å². The van der Waals surface area contributed by atoms with E-state index >= 15 is 0 Å². The molecule has 1 saturated carbocycles. The second-order valence-electron chi connectivity index (χ2n) is 11.1. The van der Waals surface area contributed by atoms with Crippen LogP contribution in [0.5, 0.6) is 11.5 Å². The average Bonchev–Trinajstić information content (AvgIpc) is 3.01. The lowest BCUT2D eigenvalue weighted by molar-refractivity contribution is -0.143. The van der Waals surface area contributed by atoms with E-state index in [1.165, 1.54) is 0 Å². The number of nitrogens with zero attached hydrogens (tertiary/aromatic N) is 3. The number of carboxylic acid groups (broad SMARTS) is 1. The van der Waals surface area contributed by atoms with Crippen molar-refractivity contribution in [1.29, 1.82) is 0 Å². The predicted molar refractivity (Wildman–Crippen MR) is 158 cm³/mol. The molecule has 2 aromatic rings. The highest BCUT2D eigenvalue weighted by Crippen LogP contribution is 2.40. The molecule has 0 radical (unpaired) electrons. The zero-order chi connectivity index (χ0) is 29.8. The zero-order valence-electron chi connectivity index (χ0n) is 23.9. The quantitative estimate of drug-likeness (QED) is 0.460. The van der Waals surface area contributed by atoms with E-state index in [-0.39, 0.29) is 36.1 Å². The standard InChI is InChI=1S/C31H37ClN4O6/c1-41-26-12-9-20(18-27(26)42-2)28-23-5-3-4-6-24(23)29(37)36(34-28)22-13-15-35(16-14-22)30(38)25(33-31(39)40)17-19-7-10-21(32)11-8-19/h7-12,18,22-25,33H,3-6,13-17H2,1-2H3,(H,39,40)/t23-,24+,25+/m0/s1. The van der Waals surface area contributed by atoms with Gasteiger partial charge in [-0.25, -0.2) is 9.80 Å². The molecule has 1 saturated heterocycles. The maximum atomic E-state index is 13.7. The minimum atomic E-state index is -1.25. The van der Waals surface area contributed by atoms with Crippen LogP contribution in [-0.2, 0) is 16.0 Å². The monoisotopic (exact) mass is 596 g/mol. The van der Waals surface area contributed by atoms with Crippen LogP contribution in [0.1, 0.15) is 49.7 Å². The van der Waals surface area contributed by atoms with E-state index in [9.17, 15) is 19.5 Å². The minimum absolute atomic E-state index is 0.0537. The number of hydrogen-bond donors (Lipinski definition) is 2. The summed E-state index contributed by atoms with van der Waals surface area (Å²) >= 11 is 5.98. The van der Waals surface area contributed by atoms with Crippen molar-refractivity contribution in [2.45, 2.75) is 57.0 Å². The molecule has 2 aliphatic heterocycles. The van der Waals surface area contributed by atoms with Crippen molar-refractivity contribution < 1.29 is 29.0 Å². The summed E-state index contributed by atoms with van der Waals surface area (Å²) in [5.41, 5.74) is 2.62. The van der Waals surface area contributed by atoms with E-state index in [1.54, 1.807) is 48.4 Å². The van der Waals surface area contributed by atoms with Crippen LogP contribution in [0.25, 0.3) is 0 Å². The van der Waals surface area contributed by atoms with Crippen LogP contribution in [0, 0.1) is 11.8 Å². The number of piperidine rings is 1. The van der Waals surface area contributed by atoms with Gasteiger partial charge in [-0.1, -0.05) is 36.6 Å². The van der Waals surface area contributed by atoms with E-state index in [4.69, 9.17) is 26.2 Å². The van der Waals surface area contributed by atoms with Crippen LogP contribution in [0.4, 0.5) is 4.79 Å². The first-order valence-electron chi connectivity index (χ1n) is 14.5. The molecule has 2 heterocycles. The number of ether oxygens (including phenoxy) is 2. The number of fused-ring (bicyclic) bond motifs is 1. The molecule has 224 valence electrons. The second-order valence-corrected chi connectivity index (χ2v) is 11.6. The van der Waals surface area contributed by atoms with Crippen LogP contribution >= 0.6 is 11.6 Å². The third kappa shape index (κ3) is 6.33. The Balaban J connectivity index is 1.33. The van der Waals surface area contributed by atoms with Crippen LogP contribution in [-0.4, -0.2) is 78.0 Å². The molecule has 5 rings (SSSR count). The Morgan fingerprint density at radius 2 is 1.67 bits per heavy atom. The number of rotatable bonds is 8. The molecule has 2 N–H and O–H groups in total. The first-order chi connectivity index (χ1) is 20.3. The van der Waals surface area contributed by atoms with Crippen LogP contribution in [0.2, 0.25) is 5.02 Å². The fraction of sp³-hybridized carbons (Fsp3) is 0.484. The molecule has 11 heteroatoms. The zero-order valence-corrected chi connectivity index (χ0v) is 24.7. The number of carbonyl (C=O) groups excluding carboxylic acids is 2. The summed E-state index contributed by atoms with van der Waals surface area (Å²) in [7, 11) is 3.20. The van der Waals surface area contributed by atoms with Crippen molar-refractivity contribution >= 4 is 35.2 Å². The number of halogens is 1. The number of amides is 3. The Labute approximate surface area is 250 Å². The Hall–Kier alpha value is -3.79. The summed E-state index contributed by atoms with van der Waals surface area (Å²) in [5.74, 6) is 0.957. The maximum Gasteiger partial charge on any atom is 0.405 e. The highest BCUT2D eigenvalue weighted by molar-refractivity contribution is 6.30. The van der Waals surface area contributed by atoms with Gasteiger partial charge in [0.1, 0.15) is 6.04 Å². The number of nitrogens with one attached hydrogen (secondary N) is 1. The van der Waals surface area contributed by atoms with E-state index in [1.807, 2.05) is 18.2 Å². The van der Waals surface area contributed by atoms with Crippen molar-refractivity contribution in [3.63, 3.8) is 0 Å². The Morgan fingerprint density at radius 3 is 2.31 bits per heavy atom. The first kappa shape index (κ1) is 29.7. The molecule has 0 bridgehead atoms. The Bertz CT molecular complexity index is 1340. The topological polar surface area (TPSA) is 121 Å². The first-order valence-corrected chi connectivity index (χ1v) is 14.8. The smallest absolute Gasteiger partial charge is 0.405 e. The normalized spacial score (nSPS) is 21.7. The number of methoxy groups -OCH3 is 2. The summed E-state index contributed by atoms with van der Waals surface area (Å²) in [6.07, 6.45) is 3.88. The highest BCUT2D eigenvalue weighted by Gasteiger charge is 2.44. The van der Waals surface area contributed by atoms with Gasteiger partial charge in [-0.15, -0.1) is 0 Å². The lowest BCUT2D eigenvalue weighted by Crippen LogP contribution is -2.55. The summed E-state index contributed by atoms with van der Waals surface area (Å²) in [5, 5.41) is 19.0. The highest BCUT2D eigenvalue weighted by atomic mass is 35.5. The molecular formula is C31H37ClN4O6. The molecule has 42 heavy (non-hydrogen) atoms. The van der Waals surface area contributed by atoms with Crippen molar-refractivity contribution in [3.05, 3.63) is 58.6 Å². The largest absolute Gasteiger partial charge is 0.493 e. The van der Waals surface area contributed by atoms with Gasteiger partial charge in [0.25, 0.3) is 0 Å². The van der Waals surface area contributed by atoms with Crippen molar-refractivity contribution in [2.75, 3.05) is 27.3 Å². The van der Waals surface area contributed by atoms with Gasteiger partial charge < -0.3 is 24.8 Å². The van der Waals surface area contributed by atoms with E-state index < -0.39 is 12.1 Å². The van der Waals surface area contributed by atoms with Crippen molar-refractivity contribution in [1.82, 2.24) is 15.2 Å². The van der Waals surface area contributed by atoms with E-state index in [2.05, 4.69) is 5.32 Å². The molecule has 1 aliphatic carbocycles.